The van der Waals surface area contributed by atoms with Gasteiger partial charge in [-0.25, -0.2) is 9.37 Å². The van der Waals surface area contributed by atoms with E-state index >= 15 is 0 Å². The Labute approximate surface area is 130 Å². The number of halogens is 2. The predicted octanol–water partition coefficient (Wildman–Crippen LogP) is 3.78. The number of nitrogens with one attached hydrogen (secondary N) is 1. The lowest BCUT2D eigenvalue weighted by atomic mass is 10.3. The average molecular weight is 316 g/mol. The number of imidazole rings is 1. The summed E-state index contributed by atoms with van der Waals surface area (Å²) in [5, 5.41) is 2.76. The Hall–Kier alpha value is -2.66. The molecule has 0 saturated carbocycles. The van der Waals surface area contributed by atoms with E-state index in [0.29, 0.717) is 16.5 Å². The van der Waals surface area contributed by atoms with Crippen LogP contribution in [-0.4, -0.2) is 15.3 Å². The second-order valence-corrected chi connectivity index (χ2v) is 4.88. The number of carbonyl (C=O) groups excluding carboxylic acids is 1. The average Bonchev–Trinajstić information content (AvgIpc) is 2.83. The van der Waals surface area contributed by atoms with E-state index in [4.69, 9.17) is 11.6 Å². The molecule has 0 unspecified atom stereocenters. The lowest BCUT2D eigenvalue weighted by Gasteiger charge is -2.02. The third kappa shape index (κ3) is 2.84. The summed E-state index contributed by atoms with van der Waals surface area (Å²) in [6.45, 7) is 0. The van der Waals surface area contributed by atoms with Gasteiger partial charge in [0.25, 0.3) is 0 Å². The first-order valence-corrected chi connectivity index (χ1v) is 6.89. The zero-order valence-corrected chi connectivity index (χ0v) is 12.1. The van der Waals surface area contributed by atoms with Gasteiger partial charge in [0, 0.05) is 12.3 Å². The molecule has 110 valence electrons. The van der Waals surface area contributed by atoms with Crippen molar-refractivity contribution in [3.05, 3.63) is 71.4 Å². The van der Waals surface area contributed by atoms with Crippen LogP contribution < -0.4 is 5.32 Å². The third-order valence-electron chi connectivity index (χ3n) is 3.05. The summed E-state index contributed by atoms with van der Waals surface area (Å²) < 4.78 is 15.2. The molecule has 0 spiro atoms. The molecule has 0 radical (unpaired) electrons. The zero-order valence-electron chi connectivity index (χ0n) is 11.3. The minimum Gasteiger partial charge on any atom is -0.320 e. The highest BCUT2D eigenvalue weighted by Crippen LogP contribution is 2.19. The van der Waals surface area contributed by atoms with Gasteiger partial charge in [-0.05, 0) is 30.3 Å². The fourth-order valence-corrected chi connectivity index (χ4v) is 2.27. The highest BCUT2D eigenvalue weighted by Gasteiger charge is 2.08. The molecule has 0 aliphatic carbocycles. The Kier molecular flexibility index (Phi) is 3.89. The highest BCUT2D eigenvalue weighted by molar-refractivity contribution is 6.31. The number of amides is 1. The van der Waals surface area contributed by atoms with E-state index in [1.807, 2.05) is 18.2 Å². The molecule has 6 heteroatoms. The van der Waals surface area contributed by atoms with Crippen LogP contribution >= 0.6 is 11.6 Å². The molecule has 1 aromatic carbocycles. The zero-order chi connectivity index (χ0) is 15.5. The van der Waals surface area contributed by atoms with Gasteiger partial charge in [-0.3, -0.25) is 9.20 Å². The quantitative estimate of drug-likeness (QED) is 0.748. The summed E-state index contributed by atoms with van der Waals surface area (Å²) in [6, 6.07) is 11.5. The Morgan fingerprint density at radius 2 is 2.00 bits per heavy atom. The van der Waals surface area contributed by atoms with Crippen LogP contribution in [0.4, 0.5) is 10.1 Å². The molecule has 0 atom stereocenters. The van der Waals surface area contributed by atoms with Crippen LogP contribution in [0, 0.1) is 5.82 Å². The van der Waals surface area contributed by atoms with E-state index in [1.54, 1.807) is 28.8 Å². The molecule has 4 nitrogen and oxygen atoms in total. The molecule has 2 heterocycles. The molecule has 0 bridgehead atoms. The molecule has 1 N–H and O–H groups in total. The first-order chi connectivity index (χ1) is 10.6. The Balaban J connectivity index is 1.82. The number of para-hydroxylation sites is 1. The van der Waals surface area contributed by atoms with Gasteiger partial charge in [0.2, 0.25) is 5.91 Å². The van der Waals surface area contributed by atoms with Crippen molar-refractivity contribution in [2.75, 3.05) is 5.32 Å². The van der Waals surface area contributed by atoms with Crippen molar-refractivity contribution in [1.29, 1.82) is 0 Å². The SMILES string of the molecule is O=C(/C=C/c1c(Cl)nc2ccccn12)Nc1ccccc1F. The van der Waals surface area contributed by atoms with E-state index in [1.165, 1.54) is 18.2 Å². The number of pyridine rings is 1. The number of hydrogen-bond donors (Lipinski definition) is 1. The molecule has 0 aliphatic heterocycles. The number of nitrogens with zero attached hydrogens (tertiary/aromatic N) is 2. The smallest absolute Gasteiger partial charge is 0.248 e. The van der Waals surface area contributed by atoms with Gasteiger partial charge in [-0.2, -0.15) is 0 Å². The molecular weight excluding hydrogens is 305 g/mol. The van der Waals surface area contributed by atoms with Crippen LogP contribution in [0.1, 0.15) is 5.69 Å². The first kappa shape index (κ1) is 14.3. The van der Waals surface area contributed by atoms with E-state index in [9.17, 15) is 9.18 Å². The highest BCUT2D eigenvalue weighted by atomic mass is 35.5. The number of carbonyl (C=O) groups is 1. The van der Waals surface area contributed by atoms with Gasteiger partial charge in [0.1, 0.15) is 11.5 Å². The number of rotatable bonds is 3. The van der Waals surface area contributed by atoms with Gasteiger partial charge >= 0.3 is 0 Å². The Morgan fingerprint density at radius 3 is 2.82 bits per heavy atom. The second kappa shape index (κ2) is 5.99. The Bertz CT molecular complexity index is 873. The molecular formula is C16H11ClFN3O. The summed E-state index contributed by atoms with van der Waals surface area (Å²) in [4.78, 5) is 16.0. The van der Waals surface area contributed by atoms with Crippen molar-refractivity contribution < 1.29 is 9.18 Å². The summed E-state index contributed by atoms with van der Waals surface area (Å²) >= 11 is 6.06. The maximum Gasteiger partial charge on any atom is 0.248 e. The molecule has 1 amide bonds. The topological polar surface area (TPSA) is 46.4 Å². The van der Waals surface area contributed by atoms with E-state index in [-0.39, 0.29) is 5.69 Å². The Morgan fingerprint density at radius 1 is 1.23 bits per heavy atom. The van der Waals surface area contributed by atoms with Crippen LogP contribution in [0.2, 0.25) is 5.15 Å². The van der Waals surface area contributed by atoms with Crippen LogP contribution in [0.3, 0.4) is 0 Å². The van der Waals surface area contributed by atoms with Crippen molar-refractivity contribution in [3.63, 3.8) is 0 Å². The van der Waals surface area contributed by atoms with Crippen molar-refractivity contribution in [3.8, 4) is 0 Å². The van der Waals surface area contributed by atoms with Gasteiger partial charge in [0.15, 0.2) is 5.15 Å². The third-order valence-corrected chi connectivity index (χ3v) is 3.32. The summed E-state index contributed by atoms with van der Waals surface area (Å²) in [5.74, 6) is -0.941. The minimum atomic E-state index is -0.489. The van der Waals surface area contributed by atoms with E-state index in [0.717, 1.165) is 0 Å². The fourth-order valence-electron chi connectivity index (χ4n) is 2.03. The second-order valence-electron chi connectivity index (χ2n) is 4.52. The number of hydrogen-bond acceptors (Lipinski definition) is 2. The van der Waals surface area contributed by atoms with Crippen LogP contribution in [0.5, 0.6) is 0 Å². The van der Waals surface area contributed by atoms with Crippen LogP contribution in [0.15, 0.2) is 54.7 Å². The summed E-state index contributed by atoms with van der Waals surface area (Å²) in [6.07, 6.45) is 4.62. The molecule has 0 aliphatic rings. The standard InChI is InChI=1S/C16H11ClFN3O/c17-16-13(21-10-4-3-7-14(21)20-16)8-9-15(22)19-12-6-2-1-5-11(12)18/h1-10H,(H,19,22)/b9-8+. The maximum absolute atomic E-state index is 13.5. The first-order valence-electron chi connectivity index (χ1n) is 6.51. The minimum absolute atomic E-state index is 0.126. The fraction of sp³-hybridized carbons (Fsp3) is 0. The van der Waals surface area contributed by atoms with E-state index < -0.39 is 11.7 Å². The summed E-state index contributed by atoms with van der Waals surface area (Å²) in [7, 11) is 0. The van der Waals surface area contributed by atoms with Crippen molar-refractivity contribution in [1.82, 2.24) is 9.38 Å². The van der Waals surface area contributed by atoms with Crippen molar-refractivity contribution in [2.24, 2.45) is 0 Å². The molecule has 22 heavy (non-hydrogen) atoms. The largest absolute Gasteiger partial charge is 0.320 e. The van der Waals surface area contributed by atoms with Crippen molar-refractivity contribution in [2.45, 2.75) is 0 Å². The molecule has 0 saturated heterocycles. The molecule has 3 aromatic rings. The van der Waals surface area contributed by atoms with E-state index in [2.05, 4.69) is 10.3 Å². The number of benzene rings is 1. The number of anilines is 1. The molecule has 0 fully saturated rings. The van der Waals surface area contributed by atoms with Gasteiger partial charge in [-0.1, -0.05) is 29.8 Å². The summed E-state index contributed by atoms with van der Waals surface area (Å²) in [5.41, 5.74) is 1.39. The monoisotopic (exact) mass is 315 g/mol. The van der Waals surface area contributed by atoms with Crippen molar-refractivity contribution >= 4 is 34.9 Å². The predicted molar refractivity (Wildman–Crippen MR) is 84.3 cm³/mol. The number of fused-ring (bicyclic) bond motifs is 1. The maximum atomic E-state index is 13.5. The lowest BCUT2D eigenvalue weighted by molar-refractivity contribution is -0.111. The molecule has 3 rings (SSSR count). The van der Waals surface area contributed by atoms with Gasteiger partial charge < -0.3 is 5.32 Å². The molecule has 2 aromatic heterocycles. The number of aromatic nitrogens is 2. The van der Waals surface area contributed by atoms with Gasteiger partial charge in [0.05, 0.1) is 11.4 Å². The van der Waals surface area contributed by atoms with Crippen LogP contribution in [-0.2, 0) is 4.79 Å². The van der Waals surface area contributed by atoms with Gasteiger partial charge in [-0.15, -0.1) is 0 Å². The normalized spacial score (nSPS) is 11.2. The van der Waals surface area contributed by atoms with Crippen LogP contribution in [0.25, 0.3) is 11.7 Å². The lowest BCUT2D eigenvalue weighted by Crippen LogP contribution is -2.09.